The average molecular weight is 307 g/mol. The molecule has 0 unspecified atom stereocenters. The van der Waals surface area contributed by atoms with Gasteiger partial charge in [-0.3, -0.25) is 0 Å². The Kier molecular flexibility index (Phi) is 4.85. The van der Waals surface area contributed by atoms with Crippen LogP contribution >= 0.6 is 11.6 Å². The largest absolute Gasteiger partial charge is 0.495 e. The second kappa shape index (κ2) is 6.63. The SMILES string of the molecule is CCNc1ncc(C)c(N(C)c2ccc(Cl)c(OC)c2)n1. The Balaban J connectivity index is 2.39. The summed E-state index contributed by atoms with van der Waals surface area (Å²) in [6.45, 7) is 4.77. The number of halogens is 1. The second-order valence-corrected chi connectivity index (χ2v) is 5.02. The number of nitrogens with zero attached hydrogens (tertiary/aromatic N) is 3. The number of anilines is 3. The van der Waals surface area contributed by atoms with Gasteiger partial charge in [0.15, 0.2) is 0 Å². The van der Waals surface area contributed by atoms with Gasteiger partial charge in [0.05, 0.1) is 12.1 Å². The van der Waals surface area contributed by atoms with E-state index in [1.807, 2.05) is 50.2 Å². The lowest BCUT2D eigenvalue weighted by atomic mass is 10.2. The lowest BCUT2D eigenvalue weighted by Crippen LogP contribution is -2.15. The molecular formula is C15H19ClN4O. The van der Waals surface area contributed by atoms with Crippen molar-refractivity contribution in [2.75, 3.05) is 30.9 Å². The Hall–Kier alpha value is -2.01. The van der Waals surface area contributed by atoms with Gasteiger partial charge in [0.25, 0.3) is 0 Å². The second-order valence-electron chi connectivity index (χ2n) is 4.61. The molecule has 1 N–H and O–H groups in total. The zero-order valence-electron chi connectivity index (χ0n) is 12.6. The summed E-state index contributed by atoms with van der Waals surface area (Å²) in [6.07, 6.45) is 1.81. The molecule has 0 aliphatic carbocycles. The Morgan fingerprint density at radius 1 is 1.38 bits per heavy atom. The van der Waals surface area contributed by atoms with Gasteiger partial charge in [0.1, 0.15) is 11.6 Å². The highest BCUT2D eigenvalue weighted by Gasteiger charge is 2.12. The third kappa shape index (κ3) is 3.36. The highest BCUT2D eigenvalue weighted by atomic mass is 35.5. The van der Waals surface area contributed by atoms with E-state index >= 15 is 0 Å². The predicted molar refractivity (Wildman–Crippen MR) is 87.0 cm³/mol. The fourth-order valence-electron chi connectivity index (χ4n) is 2.00. The molecule has 0 saturated heterocycles. The molecule has 5 nitrogen and oxygen atoms in total. The van der Waals surface area contributed by atoms with Crippen LogP contribution < -0.4 is 15.0 Å². The Morgan fingerprint density at radius 2 is 2.14 bits per heavy atom. The summed E-state index contributed by atoms with van der Waals surface area (Å²) in [5, 5.41) is 3.70. The average Bonchev–Trinajstić information content (AvgIpc) is 2.49. The van der Waals surface area contributed by atoms with E-state index in [4.69, 9.17) is 16.3 Å². The van der Waals surface area contributed by atoms with Crippen LogP contribution in [0, 0.1) is 6.92 Å². The van der Waals surface area contributed by atoms with Crippen LogP contribution in [0.25, 0.3) is 0 Å². The van der Waals surface area contributed by atoms with Crippen LogP contribution in [-0.4, -0.2) is 30.7 Å². The van der Waals surface area contributed by atoms with Crippen molar-refractivity contribution in [3.63, 3.8) is 0 Å². The quantitative estimate of drug-likeness (QED) is 0.914. The van der Waals surface area contributed by atoms with Crippen LogP contribution in [0.4, 0.5) is 17.5 Å². The number of aryl methyl sites for hydroxylation is 1. The van der Waals surface area contributed by atoms with Gasteiger partial charge in [-0.1, -0.05) is 11.6 Å². The summed E-state index contributed by atoms with van der Waals surface area (Å²) in [5.74, 6) is 2.09. The van der Waals surface area contributed by atoms with Crippen molar-refractivity contribution in [2.24, 2.45) is 0 Å². The van der Waals surface area contributed by atoms with Gasteiger partial charge >= 0.3 is 0 Å². The molecule has 0 bridgehead atoms. The third-order valence-electron chi connectivity index (χ3n) is 3.12. The molecule has 0 aliphatic heterocycles. The van der Waals surface area contributed by atoms with Gasteiger partial charge in [-0.15, -0.1) is 0 Å². The van der Waals surface area contributed by atoms with E-state index in [2.05, 4.69) is 15.3 Å². The van der Waals surface area contributed by atoms with E-state index in [9.17, 15) is 0 Å². The molecule has 0 radical (unpaired) electrons. The summed E-state index contributed by atoms with van der Waals surface area (Å²) < 4.78 is 5.26. The fourth-order valence-corrected chi connectivity index (χ4v) is 2.19. The fraction of sp³-hybridized carbons (Fsp3) is 0.333. The first-order valence-corrected chi connectivity index (χ1v) is 7.09. The molecule has 0 aliphatic rings. The molecule has 0 amide bonds. The van der Waals surface area contributed by atoms with Crippen molar-refractivity contribution in [1.82, 2.24) is 9.97 Å². The lowest BCUT2D eigenvalue weighted by Gasteiger charge is -2.21. The maximum atomic E-state index is 6.07. The van der Waals surface area contributed by atoms with Crippen molar-refractivity contribution in [3.05, 3.63) is 35.0 Å². The van der Waals surface area contributed by atoms with Crippen LogP contribution in [0.2, 0.25) is 5.02 Å². The number of hydrogen-bond donors (Lipinski definition) is 1. The number of aromatic nitrogens is 2. The number of nitrogens with one attached hydrogen (secondary N) is 1. The van der Waals surface area contributed by atoms with E-state index in [0.29, 0.717) is 16.7 Å². The standard InChI is InChI=1S/C15H19ClN4O/c1-5-17-15-18-9-10(2)14(19-15)20(3)11-6-7-12(16)13(8-11)21-4/h6-9H,5H2,1-4H3,(H,17,18,19). The number of ether oxygens (including phenoxy) is 1. The van der Waals surface area contributed by atoms with Crippen molar-refractivity contribution >= 4 is 29.1 Å². The molecule has 0 saturated carbocycles. The molecule has 2 rings (SSSR count). The zero-order valence-corrected chi connectivity index (χ0v) is 13.4. The van der Waals surface area contributed by atoms with Crippen molar-refractivity contribution in [2.45, 2.75) is 13.8 Å². The predicted octanol–water partition coefficient (Wildman–Crippen LogP) is 3.65. The molecule has 21 heavy (non-hydrogen) atoms. The minimum absolute atomic E-state index is 0.586. The molecule has 6 heteroatoms. The molecule has 1 heterocycles. The Labute approximate surface area is 129 Å². The van der Waals surface area contributed by atoms with Crippen LogP contribution in [0.5, 0.6) is 5.75 Å². The van der Waals surface area contributed by atoms with Gasteiger partial charge in [0, 0.05) is 37.1 Å². The first-order valence-electron chi connectivity index (χ1n) is 6.71. The van der Waals surface area contributed by atoms with E-state index < -0.39 is 0 Å². The van der Waals surface area contributed by atoms with Crippen molar-refractivity contribution in [3.8, 4) is 5.75 Å². The van der Waals surface area contributed by atoms with Crippen LogP contribution in [0.1, 0.15) is 12.5 Å². The normalized spacial score (nSPS) is 10.3. The maximum Gasteiger partial charge on any atom is 0.224 e. The molecule has 0 fully saturated rings. The first-order chi connectivity index (χ1) is 10.1. The van der Waals surface area contributed by atoms with Crippen LogP contribution in [0.3, 0.4) is 0 Å². The van der Waals surface area contributed by atoms with Gasteiger partial charge in [0.2, 0.25) is 5.95 Å². The van der Waals surface area contributed by atoms with Crippen LogP contribution in [-0.2, 0) is 0 Å². The number of methoxy groups -OCH3 is 1. The van der Waals surface area contributed by atoms with E-state index in [0.717, 1.165) is 23.6 Å². The summed E-state index contributed by atoms with van der Waals surface area (Å²) in [6, 6.07) is 5.63. The molecule has 0 atom stereocenters. The number of hydrogen-bond acceptors (Lipinski definition) is 5. The molecule has 1 aromatic carbocycles. The summed E-state index contributed by atoms with van der Waals surface area (Å²) >= 11 is 6.07. The molecular weight excluding hydrogens is 288 g/mol. The minimum atomic E-state index is 0.586. The van der Waals surface area contributed by atoms with Crippen molar-refractivity contribution < 1.29 is 4.74 Å². The highest BCUT2D eigenvalue weighted by molar-refractivity contribution is 6.32. The van der Waals surface area contributed by atoms with E-state index in [-0.39, 0.29) is 0 Å². The maximum absolute atomic E-state index is 6.07. The first kappa shape index (κ1) is 15.4. The Morgan fingerprint density at radius 3 is 2.81 bits per heavy atom. The van der Waals surface area contributed by atoms with Crippen molar-refractivity contribution in [1.29, 1.82) is 0 Å². The summed E-state index contributed by atoms with van der Waals surface area (Å²) in [7, 11) is 3.55. The summed E-state index contributed by atoms with van der Waals surface area (Å²) in [4.78, 5) is 10.8. The third-order valence-corrected chi connectivity index (χ3v) is 3.43. The minimum Gasteiger partial charge on any atom is -0.495 e. The topological polar surface area (TPSA) is 50.3 Å². The Bertz CT molecular complexity index is 633. The molecule has 0 spiro atoms. The summed E-state index contributed by atoms with van der Waals surface area (Å²) in [5.41, 5.74) is 1.94. The van der Waals surface area contributed by atoms with Gasteiger partial charge in [-0.2, -0.15) is 4.98 Å². The molecule has 1 aromatic heterocycles. The molecule has 112 valence electrons. The van der Waals surface area contributed by atoms with Gasteiger partial charge < -0.3 is 15.0 Å². The van der Waals surface area contributed by atoms with Gasteiger partial charge in [-0.25, -0.2) is 4.98 Å². The lowest BCUT2D eigenvalue weighted by molar-refractivity contribution is 0.415. The highest BCUT2D eigenvalue weighted by Crippen LogP contribution is 2.32. The smallest absolute Gasteiger partial charge is 0.224 e. The molecule has 2 aromatic rings. The zero-order chi connectivity index (χ0) is 15.4. The van der Waals surface area contributed by atoms with E-state index in [1.54, 1.807) is 7.11 Å². The van der Waals surface area contributed by atoms with Gasteiger partial charge in [-0.05, 0) is 26.0 Å². The monoisotopic (exact) mass is 306 g/mol. The van der Waals surface area contributed by atoms with E-state index in [1.165, 1.54) is 0 Å². The number of rotatable bonds is 5. The van der Waals surface area contributed by atoms with Crippen LogP contribution in [0.15, 0.2) is 24.4 Å². The number of benzene rings is 1.